The van der Waals surface area contributed by atoms with E-state index in [2.05, 4.69) is 71.7 Å². The first-order valence-electron chi connectivity index (χ1n) is 10.7. The number of fused-ring (bicyclic) bond motifs is 1. The Labute approximate surface area is 171 Å². The summed E-state index contributed by atoms with van der Waals surface area (Å²) in [5, 5.41) is 3.65. The number of ether oxygens (including phenoxy) is 1. The SMILES string of the molecule is CC[C@@]12CC(C(=O)OC)=C3Nc4ccccc4[C@]34CCN(C1c1ccccc1)[C@@H]24. The van der Waals surface area contributed by atoms with Gasteiger partial charge in [-0.15, -0.1) is 0 Å². The predicted molar refractivity (Wildman–Crippen MR) is 112 cm³/mol. The van der Waals surface area contributed by atoms with Gasteiger partial charge in [-0.1, -0.05) is 55.5 Å². The molecule has 3 aliphatic heterocycles. The number of carbonyl (C=O) groups excluding carboxylic acids is 1. The standard InChI is InChI=1S/C25H26N2O2/c1-3-24-15-17(22(28)29-2)20-25(18-11-7-8-12-19(18)26-20)13-14-27(23(24)25)21(24)16-9-5-4-6-10-16/h4-12,21,23,26H,3,13-15H2,1-2H3/t21?,23-,24+,25+/m0/s1. The number of anilines is 1. The van der Waals surface area contributed by atoms with Crippen LogP contribution in [0.5, 0.6) is 0 Å². The molecule has 0 saturated carbocycles. The van der Waals surface area contributed by atoms with Gasteiger partial charge in [0, 0.05) is 35.4 Å². The summed E-state index contributed by atoms with van der Waals surface area (Å²) in [6.45, 7) is 3.35. The monoisotopic (exact) mass is 386 g/mol. The van der Waals surface area contributed by atoms with E-state index in [1.54, 1.807) is 0 Å². The highest BCUT2D eigenvalue weighted by Gasteiger charge is 2.74. The topological polar surface area (TPSA) is 41.6 Å². The normalized spacial score (nSPS) is 34.0. The predicted octanol–water partition coefficient (Wildman–Crippen LogP) is 4.41. The Morgan fingerprint density at radius 2 is 1.93 bits per heavy atom. The van der Waals surface area contributed by atoms with E-state index >= 15 is 0 Å². The van der Waals surface area contributed by atoms with Crippen LogP contribution in [0.2, 0.25) is 0 Å². The van der Waals surface area contributed by atoms with Crippen LogP contribution in [0.1, 0.15) is 43.4 Å². The van der Waals surface area contributed by atoms with Crippen molar-refractivity contribution in [1.29, 1.82) is 0 Å². The van der Waals surface area contributed by atoms with Crippen molar-refractivity contribution < 1.29 is 9.53 Å². The van der Waals surface area contributed by atoms with Crippen LogP contribution in [-0.2, 0) is 14.9 Å². The number of methoxy groups -OCH3 is 1. The fourth-order valence-electron chi connectivity index (χ4n) is 7.18. The van der Waals surface area contributed by atoms with Crippen LogP contribution >= 0.6 is 0 Å². The van der Waals surface area contributed by atoms with Crippen molar-refractivity contribution in [3.8, 4) is 0 Å². The summed E-state index contributed by atoms with van der Waals surface area (Å²) >= 11 is 0. The Kier molecular flexibility index (Phi) is 3.41. The molecular weight excluding hydrogens is 360 g/mol. The maximum absolute atomic E-state index is 13.0. The molecule has 3 heterocycles. The van der Waals surface area contributed by atoms with Gasteiger partial charge in [0.1, 0.15) is 0 Å². The molecule has 1 N–H and O–H groups in total. The zero-order valence-corrected chi connectivity index (χ0v) is 16.9. The number of carbonyl (C=O) groups is 1. The van der Waals surface area contributed by atoms with Crippen molar-refractivity contribution >= 4 is 11.7 Å². The maximum atomic E-state index is 13.0. The minimum absolute atomic E-state index is 0.0456. The number of benzene rings is 2. The van der Waals surface area contributed by atoms with Crippen LogP contribution in [0.3, 0.4) is 0 Å². The molecule has 148 valence electrons. The highest BCUT2D eigenvalue weighted by atomic mass is 16.5. The van der Waals surface area contributed by atoms with E-state index in [4.69, 9.17) is 4.74 Å². The minimum atomic E-state index is -0.178. The third kappa shape index (κ3) is 1.87. The fraction of sp³-hybridized carbons (Fsp3) is 0.400. The summed E-state index contributed by atoms with van der Waals surface area (Å²) in [4.78, 5) is 15.7. The average molecular weight is 386 g/mol. The zero-order valence-electron chi connectivity index (χ0n) is 16.9. The second kappa shape index (κ2) is 5.73. The number of hydrogen-bond acceptors (Lipinski definition) is 4. The number of hydrogen-bond donors (Lipinski definition) is 1. The first kappa shape index (κ1) is 17.3. The number of para-hydroxylation sites is 1. The van der Waals surface area contributed by atoms with Gasteiger partial charge in [0.2, 0.25) is 0 Å². The lowest BCUT2D eigenvalue weighted by molar-refractivity contribution is -0.152. The third-order valence-corrected chi connectivity index (χ3v) is 8.11. The van der Waals surface area contributed by atoms with Crippen LogP contribution in [-0.4, -0.2) is 30.6 Å². The van der Waals surface area contributed by atoms with Crippen LogP contribution in [0.25, 0.3) is 0 Å². The summed E-state index contributed by atoms with van der Waals surface area (Å²) in [5.41, 5.74) is 5.75. The van der Waals surface area contributed by atoms with Gasteiger partial charge in [-0.05, 0) is 36.5 Å². The van der Waals surface area contributed by atoms with Gasteiger partial charge >= 0.3 is 5.97 Å². The molecule has 1 spiro atoms. The highest BCUT2D eigenvalue weighted by molar-refractivity contribution is 5.93. The van der Waals surface area contributed by atoms with Gasteiger partial charge in [-0.2, -0.15) is 0 Å². The molecule has 0 amide bonds. The minimum Gasteiger partial charge on any atom is -0.466 e. The smallest absolute Gasteiger partial charge is 0.335 e. The second-order valence-electron chi connectivity index (χ2n) is 8.95. The molecule has 6 rings (SSSR count). The third-order valence-electron chi connectivity index (χ3n) is 8.11. The number of esters is 1. The maximum Gasteiger partial charge on any atom is 0.335 e. The molecule has 1 unspecified atom stereocenters. The van der Waals surface area contributed by atoms with Crippen molar-refractivity contribution in [2.45, 2.75) is 43.7 Å². The molecule has 4 heteroatoms. The fourth-order valence-corrected chi connectivity index (χ4v) is 7.18. The summed E-state index contributed by atoms with van der Waals surface area (Å²) in [6.07, 6.45) is 2.86. The van der Waals surface area contributed by atoms with E-state index < -0.39 is 0 Å². The van der Waals surface area contributed by atoms with Gasteiger partial charge in [-0.3, -0.25) is 4.90 Å². The molecular formula is C25H26N2O2. The van der Waals surface area contributed by atoms with Crippen molar-refractivity contribution in [3.05, 3.63) is 77.0 Å². The second-order valence-corrected chi connectivity index (χ2v) is 8.95. The molecule has 0 bridgehead atoms. The molecule has 0 radical (unpaired) electrons. The molecule has 4 aliphatic rings. The summed E-state index contributed by atoms with van der Waals surface area (Å²) in [5.74, 6) is -0.178. The molecule has 0 aromatic heterocycles. The first-order valence-corrected chi connectivity index (χ1v) is 10.7. The van der Waals surface area contributed by atoms with Crippen molar-refractivity contribution in [2.24, 2.45) is 5.41 Å². The van der Waals surface area contributed by atoms with Crippen LogP contribution in [0.4, 0.5) is 5.69 Å². The molecule has 2 aromatic carbocycles. The molecule has 29 heavy (non-hydrogen) atoms. The Bertz CT molecular complexity index is 1050. The van der Waals surface area contributed by atoms with E-state index in [9.17, 15) is 4.79 Å². The Morgan fingerprint density at radius 1 is 1.17 bits per heavy atom. The molecule has 4 nitrogen and oxygen atoms in total. The van der Waals surface area contributed by atoms with Crippen molar-refractivity contribution in [1.82, 2.24) is 4.90 Å². The van der Waals surface area contributed by atoms with E-state index in [-0.39, 0.29) is 16.8 Å². The molecule has 1 aliphatic carbocycles. The van der Waals surface area contributed by atoms with Gasteiger partial charge in [0.15, 0.2) is 0 Å². The molecule has 4 atom stereocenters. The molecule has 2 fully saturated rings. The molecule has 2 aromatic rings. The number of rotatable bonds is 3. The Hall–Kier alpha value is -2.59. The quantitative estimate of drug-likeness (QED) is 0.794. The highest BCUT2D eigenvalue weighted by Crippen LogP contribution is 2.73. The van der Waals surface area contributed by atoms with Gasteiger partial charge in [0.25, 0.3) is 0 Å². The largest absolute Gasteiger partial charge is 0.466 e. The van der Waals surface area contributed by atoms with Crippen LogP contribution in [0.15, 0.2) is 65.9 Å². The van der Waals surface area contributed by atoms with Crippen molar-refractivity contribution in [3.63, 3.8) is 0 Å². The van der Waals surface area contributed by atoms with E-state index in [0.29, 0.717) is 12.1 Å². The van der Waals surface area contributed by atoms with E-state index in [1.807, 2.05) is 0 Å². The Balaban J connectivity index is 1.60. The van der Waals surface area contributed by atoms with Crippen molar-refractivity contribution in [2.75, 3.05) is 19.0 Å². The number of nitrogens with one attached hydrogen (secondary N) is 1. The van der Waals surface area contributed by atoms with E-state index in [1.165, 1.54) is 18.2 Å². The Morgan fingerprint density at radius 3 is 2.69 bits per heavy atom. The number of nitrogens with zero attached hydrogens (tertiary/aromatic N) is 1. The molecule has 2 saturated heterocycles. The van der Waals surface area contributed by atoms with Crippen LogP contribution in [0, 0.1) is 5.41 Å². The van der Waals surface area contributed by atoms with Gasteiger partial charge in [-0.25, -0.2) is 4.79 Å². The summed E-state index contributed by atoms with van der Waals surface area (Å²) in [6, 6.07) is 20.2. The lowest BCUT2D eigenvalue weighted by Gasteiger charge is -2.67. The zero-order chi connectivity index (χ0) is 19.8. The van der Waals surface area contributed by atoms with Gasteiger partial charge < -0.3 is 10.1 Å². The average Bonchev–Trinajstić information content (AvgIpc) is 3.29. The van der Waals surface area contributed by atoms with Crippen LogP contribution < -0.4 is 5.32 Å². The summed E-state index contributed by atoms with van der Waals surface area (Å²) in [7, 11) is 1.51. The lowest BCUT2D eigenvalue weighted by Crippen LogP contribution is -2.70. The van der Waals surface area contributed by atoms with Gasteiger partial charge in [0.05, 0.1) is 18.1 Å². The summed E-state index contributed by atoms with van der Waals surface area (Å²) < 4.78 is 5.29. The first-order chi connectivity index (χ1) is 14.2. The lowest BCUT2D eigenvalue weighted by atomic mass is 9.48. The van der Waals surface area contributed by atoms with E-state index in [0.717, 1.165) is 42.8 Å².